The Balaban J connectivity index is 1.74. The normalized spacial score (nSPS) is 16.6. The van der Waals surface area contributed by atoms with Gasteiger partial charge in [-0.25, -0.2) is 4.68 Å². The van der Waals surface area contributed by atoms with Crippen LogP contribution in [-0.4, -0.2) is 19.7 Å². The molecule has 0 amide bonds. The van der Waals surface area contributed by atoms with Crippen LogP contribution in [0.3, 0.4) is 0 Å². The van der Waals surface area contributed by atoms with Crippen molar-refractivity contribution in [1.82, 2.24) is 19.7 Å². The largest absolute Gasteiger partial charge is 0.328 e. The Morgan fingerprint density at radius 3 is 3.00 bits per heavy atom. The highest BCUT2D eigenvalue weighted by atomic mass is 79.9. The van der Waals surface area contributed by atoms with E-state index in [9.17, 15) is 0 Å². The molecule has 3 aromatic rings. The van der Waals surface area contributed by atoms with Gasteiger partial charge >= 0.3 is 0 Å². The van der Waals surface area contributed by atoms with Gasteiger partial charge in [-0.15, -0.1) is 16.4 Å². The molecule has 4 rings (SSSR count). The summed E-state index contributed by atoms with van der Waals surface area (Å²) in [6.45, 7) is 0. The lowest BCUT2D eigenvalue weighted by Crippen LogP contribution is -2.31. The first-order chi connectivity index (χ1) is 9.33. The minimum atomic E-state index is 0.0613. The summed E-state index contributed by atoms with van der Waals surface area (Å²) in [6.07, 6.45) is 1.91. The molecule has 0 bridgehead atoms. The van der Waals surface area contributed by atoms with E-state index in [-0.39, 0.29) is 6.17 Å². The quantitative estimate of drug-likeness (QED) is 0.782. The summed E-state index contributed by atoms with van der Waals surface area (Å²) < 4.78 is 2.89. The fourth-order valence-corrected chi connectivity index (χ4v) is 3.14. The molecule has 0 spiro atoms. The maximum atomic E-state index is 4.56. The second-order valence-corrected chi connectivity index (χ2v) is 5.91. The Labute approximate surface area is 121 Å². The zero-order valence-electron chi connectivity index (χ0n) is 9.62. The van der Waals surface area contributed by atoms with Crippen LogP contribution in [0.25, 0.3) is 11.4 Å². The molecule has 0 fully saturated rings. The molecule has 1 aliphatic heterocycles. The Morgan fingerprint density at radius 1 is 1.32 bits per heavy atom. The minimum Gasteiger partial charge on any atom is -0.328 e. The third-order valence-corrected chi connectivity index (χ3v) is 4.50. The number of hydrogen-bond donors (Lipinski definition) is 1. The van der Waals surface area contributed by atoms with E-state index >= 15 is 0 Å². The Kier molecular flexibility index (Phi) is 2.42. The molecular formula is C12H8BrN5S. The van der Waals surface area contributed by atoms with Crippen LogP contribution in [-0.2, 0) is 0 Å². The Hall–Kier alpha value is -1.73. The van der Waals surface area contributed by atoms with Crippen LogP contribution < -0.4 is 5.32 Å². The van der Waals surface area contributed by atoms with Crippen molar-refractivity contribution in [3.63, 3.8) is 0 Å². The van der Waals surface area contributed by atoms with Gasteiger partial charge in [-0.1, -0.05) is 28.1 Å². The predicted octanol–water partition coefficient (Wildman–Crippen LogP) is 3.14. The molecule has 0 radical (unpaired) electrons. The van der Waals surface area contributed by atoms with Crippen molar-refractivity contribution in [3.05, 3.63) is 45.3 Å². The summed E-state index contributed by atoms with van der Waals surface area (Å²) in [4.78, 5) is 9.71. The minimum absolute atomic E-state index is 0.0613. The molecule has 1 unspecified atom stereocenters. The number of nitrogens with one attached hydrogen (secondary N) is 1. The molecule has 1 N–H and O–H groups in total. The van der Waals surface area contributed by atoms with Crippen molar-refractivity contribution >= 4 is 33.2 Å². The van der Waals surface area contributed by atoms with Crippen molar-refractivity contribution in [3.8, 4) is 11.4 Å². The van der Waals surface area contributed by atoms with Gasteiger partial charge in [0.25, 0.3) is 0 Å². The van der Waals surface area contributed by atoms with Crippen molar-refractivity contribution in [2.24, 2.45) is 0 Å². The van der Waals surface area contributed by atoms with Crippen molar-refractivity contribution in [2.45, 2.75) is 6.17 Å². The average molecular weight is 334 g/mol. The molecule has 1 aromatic carbocycles. The van der Waals surface area contributed by atoms with E-state index in [0.717, 1.165) is 26.7 Å². The SMILES string of the molecule is Brc1ccccc1-c1nc2n(n1)C(c1cncs1)N2. The van der Waals surface area contributed by atoms with Crippen LogP contribution in [0.2, 0.25) is 0 Å². The first-order valence-corrected chi connectivity index (χ1v) is 7.36. The number of thiazole rings is 1. The van der Waals surface area contributed by atoms with Crippen LogP contribution in [0.5, 0.6) is 0 Å². The van der Waals surface area contributed by atoms with Crippen LogP contribution in [0.15, 0.2) is 40.4 Å². The van der Waals surface area contributed by atoms with Crippen LogP contribution in [0.4, 0.5) is 5.95 Å². The molecular weight excluding hydrogens is 326 g/mol. The van der Waals surface area contributed by atoms with Gasteiger partial charge in [0.2, 0.25) is 5.95 Å². The summed E-state index contributed by atoms with van der Waals surface area (Å²) in [5, 5.41) is 7.84. The number of rotatable bonds is 2. The summed E-state index contributed by atoms with van der Waals surface area (Å²) in [5.41, 5.74) is 2.81. The number of halogens is 1. The lowest BCUT2D eigenvalue weighted by Gasteiger charge is -2.27. The molecule has 1 aliphatic rings. The topological polar surface area (TPSA) is 55.6 Å². The third-order valence-electron chi connectivity index (χ3n) is 2.98. The van der Waals surface area contributed by atoms with Crippen molar-refractivity contribution < 1.29 is 0 Å². The lowest BCUT2D eigenvalue weighted by atomic mass is 10.2. The maximum Gasteiger partial charge on any atom is 0.226 e. The first-order valence-electron chi connectivity index (χ1n) is 5.69. The van der Waals surface area contributed by atoms with Gasteiger partial charge in [0.15, 0.2) is 12.0 Å². The van der Waals surface area contributed by atoms with Crippen molar-refractivity contribution in [2.75, 3.05) is 5.32 Å². The van der Waals surface area contributed by atoms with Gasteiger partial charge in [-0.05, 0) is 12.1 Å². The maximum absolute atomic E-state index is 4.56. The molecule has 94 valence electrons. The highest BCUT2D eigenvalue weighted by Crippen LogP contribution is 2.35. The van der Waals surface area contributed by atoms with Crippen LogP contribution >= 0.6 is 27.3 Å². The van der Waals surface area contributed by atoms with Crippen molar-refractivity contribution in [1.29, 1.82) is 0 Å². The number of benzene rings is 1. The van der Waals surface area contributed by atoms with Gasteiger partial charge in [0, 0.05) is 16.2 Å². The Morgan fingerprint density at radius 2 is 2.21 bits per heavy atom. The second kappa shape index (κ2) is 4.14. The molecule has 7 heteroatoms. The average Bonchev–Trinajstić information content (AvgIpc) is 3.01. The predicted molar refractivity (Wildman–Crippen MR) is 77.0 cm³/mol. The van der Waals surface area contributed by atoms with E-state index in [1.54, 1.807) is 11.3 Å². The van der Waals surface area contributed by atoms with Gasteiger partial charge in [-0.3, -0.25) is 4.98 Å². The fraction of sp³-hybridized carbons (Fsp3) is 0.0833. The highest BCUT2D eigenvalue weighted by molar-refractivity contribution is 9.10. The van der Waals surface area contributed by atoms with Crippen LogP contribution in [0, 0.1) is 0 Å². The molecule has 0 saturated heterocycles. The number of fused-ring (bicyclic) bond motifs is 1. The van der Waals surface area contributed by atoms with E-state index in [0.29, 0.717) is 0 Å². The summed E-state index contributed by atoms with van der Waals surface area (Å²) >= 11 is 5.13. The molecule has 1 atom stereocenters. The number of hydrogen-bond acceptors (Lipinski definition) is 5. The number of aromatic nitrogens is 4. The van der Waals surface area contributed by atoms with E-state index in [1.165, 1.54) is 0 Å². The smallest absolute Gasteiger partial charge is 0.226 e. The highest BCUT2D eigenvalue weighted by Gasteiger charge is 2.31. The third kappa shape index (κ3) is 1.69. The fourth-order valence-electron chi connectivity index (χ4n) is 2.03. The van der Waals surface area contributed by atoms with E-state index in [2.05, 4.69) is 36.3 Å². The van der Waals surface area contributed by atoms with Gasteiger partial charge < -0.3 is 5.32 Å². The number of anilines is 1. The van der Waals surface area contributed by atoms with Gasteiger partial charge in [0.1, 0.15) is 0 Å². The van der Waals surface area contributed by atoms with Crippen LogP contribution in [0.1, 0.15) is 11.0 Å². The van der Waals surface area contributed by atoms with Gasteiger partial charge in [-0.2, -0.15) is 4.98 Å². The summed E-state index contributed by atoms with van der Waals surface area (Å²) in [5.74, 6) is 1.52. The molecule has 0 saturated carbocycles. The monoisotopic (exact) mass is 333 g/mol. The van der Waals surface area contributed by atoms with E-state index in [1.807, 2.05) is 40.7 Å². The second-order valence-electron chi connectivity index (χ2n) is 4.13. The lowest BCUT2D eigenvalue weighted by molar-refractivity contribution is 0.517. The molecule has 0 aliphatic carbocycles. The summed E-state index contributed by atoms with van der Waals surface area (Å²) in [6, 6.07) is 7.94. The molecule has 2 aromatic heterocycles. The molecule has 19 heavy (non-hydrogen) atoms. The van der Waals surface area contributed by atoms with E-state index < -0.39 is 0 Å². The summed E-state index contributed by atoms with van der Waals surface area (Å²) in [7, 11) is 0. The molecule has 5 nitrogen and oxygen atoms in total. The number of nitrogens with zero attached hydrogens (tertiary/aromatic N) is 4. The zero-order chi connectivity index (χ0) is 12.8. The van der Waals surface area contributed by atoms with E-state index in [4.69, 9.17) is 0 Å². The van der Waals surface area contributed by atoms with Gasteiger partial charge in [0.05, 0.1) is 10.4 Å². The molecule has 3 heterocycles. The first kappa shape index (κ1) is 11.1. The Bertz CT molecular complexity index is 736. The standard InChI is InChI=1S/C12H8BrN5S/c13-8-4-2-1-3-7(8)10-15-12-16-11(18(12)17-10)9-5-14-6-19-9/h1-6,11H,(H,15,16,17). The zero-order valence-corrected chi connectivity index (χ0v) is 12.0.